The van der Waals surface area contributed by atoms with Crippen molar-refractivity contribution in [1.29, 1.82) is 0 Å². The number of nitrogens with two attached hydrogens (primary N) is 1. The normalized spacial score (nSPS) is 11.4. The Balaban J connectivity index is 1.75. The molecular formula is C20H23N3O3S. The summed E-state index contributed by atoms with van der Waals surface area (Å²) in [7, 11) is 0. The summed E-state index contributed by atoms with van der Waals surface area (Å²) in [4.78, 5) is 35.6. The van der Waals surface area contributed by atoms with E-state index in [9.17, 15) is 14.4 Å². The van der Waals surface area contributed by atoms with Crippen molar-refractivity contribution in [3.05, 3.63) is 65.7 Å². The highest BCUT2D eigenvalue weighted by molar-refractivity contribution is 8.00. The van der Waals surface area contributed by atoms with Crippen molar-refractivity contribution in [2.24, 2.45) is 5.73 Å². The number of amides is 3. The maximum Gasteiger partial charge on any atom is 0.240 e. The molecule has 0 aromatic heterocycles. The monoisotopic (exact) mass is 385 g/mol. The molecule has 0 spiro atoms. The van der Waals surface area contributed by atoms with Crippen molar-refractivity contribution < 1.29 is 14.4 Å². The Labute approximate surface area is 162 Å². The fraction of sp³-hybridized carbons (Fsp3) is 0.250. The van der Waals surface area contributed by atoms with Crippen LogP contribution < -0.4 is 16.4 Å². The molecule has 0 aliphatic heterocycles. The number of nitrogens with one attached hydrogen (secondary N) is 2. The molecule has 27 heavy (non-hydrogen) atoms. The Hall–Kier alpha value is -2.80. The van der Waals surface area contributed by atoms with Gasteiger partial charge < -0.3 is 16.4 Å². The molecule has 0 saturated heterocycles. The first kappa shape index (κ1) is 20.5. The second-order valence-corrected chi connectivity index (χ2v) is 7.11. The van der Waals surface area contributed by atoms with E-state index in [1.807, 2.05) is 61.5 Å². The topological polar surface area (TPSA) is 101 Å². The summed E-state index contributed by atoms with van der Waals surface area (Å²) in [5.41, 5.74) is 8.07. The Kier molecular flexibility index (Phi) is 7.88. The number of carbonyl (C=O) groups is 3. The molecule has 2 aromatic rings. The highest BCUT2D eigenvalue weighted by Crippen LogP contribution is 2.10. The second-order valence-electron chi connectivity index (χ2n) is 6.12. The van der Waals surface area contributed by atoms with Crippen LogP contribution >= 0.6 is 11.8 Å². The van der Waals surface area contributed by atoms with E-state index in [-0.39, 0.29) is 23.3 Å². The third kappa shape index (κ3) is 7.53. The summed E-state index contributed by atoms with van der Waals surface area (Å²) in [5, 5.41) is 5.41. The third-order valence-corrected chi connectivity index (χ3v) is 4.66. The van der Waals surface area contributed by atoms with Crippen LogP contribution in [0.1, 0.15) is 11.1 Å². The highest BCUT2D eigenvalue weighted by atomic mass is 32.2. The van der Waals surface area contributed by atoms with E-state index in [2.05, 4.69) is 10.6 Å². The van der Waals surface area contributed by atoms with Crippen molar-refractivity contribution in [3.63, 3.8) is 0 Å². The molecule has 7 heteroatoms. The first-order chi connectivity index (χ1) is 12.9. The van der Waals surface area contributed by atoms with Crippen LogP contribution in [0, 0.1) is 6.92 Å². The van der Waals surface area contributed by atoms with Crippen LogP contribution in [0.2, 0.25) is 0 Å². The first-order valence-corrected chi connectivity index (χ1v) is 9.66. The zero-order valence-electron chi connectivity index (χ0n) is 15.1. The highest BCUT2D eigenvalue weighted by Gasteiger charge is 2.18. The van der Waals surface area contributed by atoms with Gasteiger partial charge in [-0.3, -0.25) is 14.4 Å². The maximum atomic E-state index is 12.1. The van der Waals surface area contributed by atoms with Gasteiger partial charge in [-0.1, -0.05) is 42.5 Å². The molecular weight excluding hydrogens is 362 g/mol. The van der Waals surface area contributed by atoms with Gasteiger partial charge in [0.05, 0.1) is 11.5 Å². The minimum Gasteiger partial charge on any atom is -0.368 e. The lowest BCUT2D eigenvalue weighted by Crippen LogP contribution is -2.46. The fourth-order valence-corrected chi connectivity index (χ4v) is 3.09. The summed E-state index contributed by atoms with van der Waals surface area (Å²) in [6, 6.07) is 16.0. The van der Waals surface area contributed by atoms with Gasteiger partial charge in [0.25, 0.3) is 0 Å². The van der Waals surface area contributed by atoms with E-state index in [4.69, 9.17) is 5.73 Å². The lowest BCUT2D eigenvalue weighted by molar-refractivity contribution is -0.125. The van der Waals surface area contributed by atoms with Crippen molar-refractivity contribution in [3.8, 4) is 0 Å². The van der Waals surface area contributed by atoms with Crippen molar-refractivity contribution in [2.75, 3.05) is 16.8 Å². The van der Waals surface area contributed by atoms with Crippen molar-refractivity contribution in [1.82, 2.24) is 5.32 Å². The van der Waals surface area contributed by atoms with E-state index in [1.165, 1.54) is 11.8 Å². The van der Waals surface area contributed by atoms with Gasteiger partial charge in [-0.25, -0.2) is 0 Å². The van der Waals surface area contributed by atoms with E-state index < -0.39 is 11.9 Å². The smallest absolute Gasteiger partial charge is 0.240 e. The molecule has 0 heterocycles. The minimum absolute atomic E-state index is 0.0693. The Bertz CT molecular complexity index is 796. The predicted molar refractivity (Wildman–Crippen MR) is 108 cm³/mol. The van der Waals surface area contributed by atoms with Crippen LogP contribution in [0.5, 0.6) is 0 Å². The lowest BCUT2D eigenvalue weighted by atomic mass is 10.1. The third-order valence-electron chi connectivity index (χ3n) is 3.73. The summed E-state index contributed by atoms with van der Waals surface area (Å²) < 4.78 is 0. The summed E-state index contributed by atoms with van der Waals surface area (Å²) in [6.45, 7) is 1.94. The van der Waals surface area contributed by atoms with Crippen LogP contribution in [0.4, 0.5) is 5.69 Å². The Morgan fingerprint density at radius 1 is 1.00 bits per heavy atom. The van der Waals surface area contributed by atoms with Gasteiger partial charge in [0, 0.05) is 12.1 Å². The predicted octanol–water partition coefficient (Wildman–Crippen LogP) is 1.88. The summed E-state index contributed by atoms with van der Waals surface area (Å²) >= 11 is 1.18. The molecule has 142 valence electrons. The number of thioether (sulfide) groups is 1. The molecule has 2 rings (SSSR count). The number of aryl methyl sites for hydroxylation is 1. The molecule has 1 unspecified atom stereocenters. The molecule has 3 amide bonds. The number of hydrogen-bond donors (Lipinski definition) is 3. The van der Waals surface area contributed by atoms with Gasteiger partial charge in [-0.05, 0) is 30.2 Å². The van der Waals surface area contributed by atoms with Gasteiger partial charge in [0.1, 0.15) is 6.04 Å². The van der Waals surface area contributed by atoms with Crippen LogP contribution in [0.15, 0.2) is 54.6 Å². The average molecular weight is 385 g/mol. The van der Waals surface area contributed by atoms with Gasteiger partial charge in [0.2, 0.25) is 17.7 Å². The second kappa shape index (κ2) is 10.4. The number of hydrogen-bond acceptors (Lipinski definition) is 4. The van der Waals surface area contributed by atoms with E-state index in [0.717, 1.165) is 16.8 Å². The minimum atomic E-state index is -0.776. The molecule has 6 nitrogen and oxygen atoms in total. The van der Waals surface area contributed by atoms with E-state index in [1.54, 1.807) is 0 Å². The van der Waals surface area contributed by atoms with Crippen molar-refractivity contribution >= 4 is 35.2 Å². The molecule has 2 aromatic carbocycles. The first-order valence-electron chi connectivity index (χ1n) is 8.51. The molecule has 0 aliphatic carbocycles. The largest absolute Gasteiger partial charge is 0.368 e. The van der Waals surface area contributed by atoms with Gasteiger partial charge in [0.15, 0.2) is 0 Å². The van der Waals surface area contributed by atoms with Crippen LogP contribution in [0.25, 0.3) is 0 Å². The standard InChI is InChI=1S/C20H23N3O3S/c1-14-6-5-9-16(10-14)22-18(24)12-27-13-19(25)23-17(20(21)26)11-15-7-3-2-4-8-15/h2-10,17H,11-13H2,1H3,(H2,21,26)(H,22,24)(H,23,25). The van der Waals surface area contributed by atoms with Crippen LogP contribution in [-0.2, 0) is 20.8 Å². The molecule has 0 radical (unpaired) electrons. The van der Waals surface area contributed by atoms with Gasteiger partial charge in [-0.2, -0.15) is 0 Å². The summed E-state index contributed by atoms with van der Waals surface area (Å²) in [5.74, 6) is -0.896. The number of primary amides is 1. The molecule has 1 atom stereocenters. The molecule has 4 N–H and O–H groups in total. The quantitative estimate of drug-likeness (QED) is 0.613. The Morgan fingerprint density at radius 3 is 2.37 bits per heavy atom. The van der Waals surface area contributed by atoms with Gasteiger partial charge >= 0.3 is 0 Å². The molecule has 0 bridgehead atoms. The fourth-order valence-electron chi connectivity index (χ4n) is 2.46. The SMILES string of the molecule is Cc1cccc(NC(=O)CSCC(=O)NC(Cc2ccccc2)C(N)=O)c1. The van der Waals surface area contributed by atoms with E-state index >= 15 is 0 Å². The number of rotatable bonds is 9. The number of benzene rings is 2. The van der Waals surface area contributed by atoms with Crippen LogP contribution in [0.3, 0.4) is 0 Å². The van der Waals surface area contributed by atoms with Crippen molar-refractivity contribution in [2.45, 2.75) is 19.4 Å². The summed E-state index contributed by atoms with van der Waals surface area (Å²) in [6.07, 6.45) is 0.334. The maximum absolute atomic E-state index is 12.1. The molecule has 0 aliphatic rings. The zero-order valence-corrected chi connectivity index (χ0v) is 15.9. The number of anilines is 1. The molecule has 0 fully saturated rings. The average Bonchev–Trinajstić information content (AvgIpc) is 2.62. The molecule has 0 saturated carbocycles. The number of carbonyl (C=O) groups excluding carboxylic acids is 3. The van der Waals surface area contributed by atoms with Gasteiger partial charge in [-0.15, -0.1) is 11.8 Å². The van der Waals surface area contributed by atoms with Crippen LogP contribution in [-0.4, -0.2) is 35.3 Å². The van der Waals surface area contributed by atoms with E-state index in [0.29, 0.717) is 6.42 Å². The zero-order chi connectivity index (χ0) is 19.6. The Morgan fingerprint density at radius 2 is 1.70 bits per heavy atom. The lowest BCUT2D eigenvalue weighted by Gasteiger charge is -2.15.